The van der Waals surface area contributed by atoms with Crippen molar-refractivity contribution in [1.82, 2.24) is 0 Å². The van der Waals surface area contributed by atoms with Crippen LogP contribution in [0.1, 0.15) is 35.3 Å². The normalized spacial score (nSPS) is 10.1. The second kappa shape index (κ2) is 4.82. The van der Waals surface area contributed by atoms with Crippen LogP contribution in [0.25, 0.3) is 0 Å². The van der Waals surface area contributed by atoms with E-state index < -0.39 is 0 Å². The number of carbonyl (C=O) groups is 1. The molecule has 1 aromatic rings. The van der Waals surface area contributed by atoms with Gasteiger partial charge in [-0.1, -0.05) is 13.0 Å². The number of benzene rings is 1. The number of hydrogen-bond acceptors (Lipinski definition) is 3. The quantitative estimate of drug-likeness (QED) is 0.611. The monoisotopic (exact) mass is 207 g/mol. The Morgan fingerprint density at radius 3 is 2.60 bits per heavy atom. The molecule has 3 heteroatoms. The van der Waals surface area contributed by atoms with Gasteiger partial charge < -0.3 is 10.5 Å². The number of esters is 1. The minimum absolute atomic E-state index is 0.302. The van der Waals surface area contributed by atoms with Gasteiger partial charge in [-0.15, -0.1) is 0 Å². The predicted octanol–water partition coefficient (Wildman–Crippen LogP) is 2.32. The first kappa shape index (κ1) is 11.6. The molecule has 0 aliphatic heterocycles. The van der Waals surface area contributed by atoms with E-state index in [4.69, 9.17) is 10.5 Å². The van der Waals surface area contributed by atoms with Crippen molar-refractivity contribution >= 4 is 11.7 Å². The topological polar surface area (TPSA) is 52.3 Å². The molecule has 0 atom stereocenters. The molecule has 0 saturated heterocycles. The molecule has 0 aromatic heterocycles. The maximum absolute atomic E-state index is 11.5. The molecule has 0 amide bonds. The van der Waals surface area contributed by atoms with Gasteiger partial charge in [0.1, 0.15) is 0 Å². The summed E-state index contributed by atoms with van der Waals surface area (Å²) in [6, 6.07) is 3.66. The summed E-state index contributed by atoms with van der Waals surface area (Å²) in [6.07, 6.45) is 0.871. The van der Waals surface area contributed by atoms with Crippen LogP contribution in [-0.4, -0.2) is 12.6 Å². The maximum Gasteiger partial charge on any atom is 0.338 e. The zero-order valence-corrected chi connectivity index (χ0v) is 9.46. The van der Waals surface area contributed by atoms with Crippen molar-refractivity contribution < 1.29 is 9.53 Å². The lowest BCUT2D eigenvalue weighted by atomic mass is 10.0. The molecule has 0 heterocycles. The van der Waals surface area contributed by atoms with Crippen LogP contribution in [0.15, 0.2) is 12.1 Å². The fourth-order valence-electron chi connectivity index (χ4n) is 1.52. The molecule has 0 spiro atoms. The van der Waals surface area contributed by atoms with Crippen molar-refractivity contribution in [3.05, 3.63) is 28.8 Å². The molecule has 1 rings (SSSR count). The fourth-order valence-corrected chi connectivity index (χ4v) is 1.52. The largest absolute Gasteiger partial charge is 0.462 e. The lowest BCUT2D eigenvalue weighted by Crippen LogP contribution is -2.09. The number of nitrogen functional groups attached to an aromatic ring is 1. The molecule has 0 bridgehead atoms. The lowest BCUT2D eigenvalue weighted by molar-refractivity contribution is 0.0525. The van der Waals surface area contributed by atoms with Gasteiger partial charge in [0, 0.05) is 5.69 Å². The van der Waals surface area contributed by atoms with Crippen LogP contribution < -0.4 is 5.73 Å². The van der Waals surface area contributed by atoms with Crippen LogP contribution in [0.5, 0.6) is 0 Å². The standard InChI is InChI=1S/C12H17NO2/c1-4-9-6-7-10(8(3)11(9)13)12(14)15-5-2/h6-7H,4-5,13H2,1-3H3. The molecule has 0 aliphatic rings. The smallest absolute Gasteiger partial charge is 0.338 e. The molecule has 0 aliphatic carbocycles. The number of carbonyl (C=O) groups excluding carboxylic acids is 1. The highest BCUT2D eigenvalue weighted by molar-refractivity contribution is 5.93. The van der Waals surface area contributed by atoms with Gasteiger partial charge in [0.05, 0.1) is 12.2 Å². The maximum atomic E-state index is 11.5. The summed E-state index contributed by atoms with van der Waals surface area (Å²) >= 11 is 0. The molecule has 0 unspecified atom stereocenters. The predicted molar refractivity (Wildman–Crippen MR) is 60.9 cm³/mol. The van der Waals surface area contributed by atoms with Gasteiger partial charge in [-0.05, 0) is 37.5 Å². The number of rotatable bonds is 3. The third kappa shape index (κ3) is 2.29. The van der Waals surface area contributed by atoms with E-state index in [1.807, 2.05) is 19.9 Å². The summed E-state index contributed by atoms with van der Waals surface area (Å²) in [7, 11) is 0. The third-order valence-electron chi connectivity index (χ3n) is 2.48. The van der Waals surface area contributed by atoms with Gasteiger partial charge in [0.25, 0.3) is 0 Å². The summed E-state index contributed by atoms with van der Waals surface area (Å²) in [5, 5.41) is 0. The Kier molecular flexibility index (Phi) is 3.72. The number of ether oxygens (including phenoxy) is 1. The Bertz CT molecular complexity index is 372. The first-order valence-corrected chi connectivity index (χ1v) is 5.16. The van der Waals surface area contributed by atoms with Crippen molar-refractivity contribution in [2.24, 2.45) is 0 Å². The number of nitrogens with two attached hydrogens (primary N) is 1. The van der Waals surface area contributed by atoms with Crippen LogP contribution in [0.3, 0.4) is 0 Å². The first-order valence-electron chi connectivity index (χ1n) is 5.16. The minimum atomic E-state index is -0.302. The van der Waals surface area contributed by atoms with Gasteiger partial charge in [0.2, 0.25) is 0 Å². The number of hydrogen-bond donors (Lipinski definition) is 1. The van der Waals surface area contributed by atoms with E-state index >= 15 is 0 Å². The highest BCUT2D eigenvalue weighted by Gasteiger charge is 2.13. The third-order valence-corrected chi connectivity index (χ3v) is 2.48. The van der Waals surface area contributed by atoms with Crippen molar-refractivity contribution in [3.63, 3.8) is 0 Å². The molecular weight excluding hydrogens is 190 g/mol. The fraction of sp³-hybridized carbons (Fsp3) is 0.417. The van der Waals surface area contributed by atoms with E-state index in [1.54, 1.807) is 13.0 Å². The van der Waals surface area contributed by atoms with E-state index in [9.17, 15) is 4.79 Å². The summed E-state index contributed by atoms with van der Waals surface area (Å²) in [5.74, 6) is -0.302. The molecule has 0 radical (unpaired) electrons. The average molecular weight is 207 g/mol. The van der Waals surface area contributed by atoms with Gasteiger partial charge in [-0.2, -0.15) is 0 Å². The molecule has 1 aromatic carbocycles. The Balaban J connectivity index is 3.11. The molecule has 3 nitrogen and oxygen atoms in total. The van der Waals surface area contributed by atoms with Crippen molar-refractivity contribution in [3.8, 4) is 0 Å². The van der Waals surface area contributed by atoms with Crippen LogP contribution in [0.4, 0.5) is 5.69 Å². The first-order chi connectivity index (χ1) is 7.11. The van der Waals surface area contributed by atoms with Gasteiger partial charge in [-0.3, -0.25) is 0 Å². The number of aryl methyl sites for hydroxylation is 1. The molecule has 0 fully saturated rings. The Morgan fingerprint density at radius 1 is 1.40 bits per heavy atom. The second-order valence-corrected chi connectivity index (χ2v) is 3.38. The lowest BCUT2D eigenvalue weighted by Gasteiger charge is -2.11. The average Bonchev–Trinajstić information content (AvgIpc) is 2.22. The Labute approximate surface area is 90.2 Å². The summed E-state index contributed by atoms with van der Waals surface area (Å²) in [5.41, 5.74) is 9.06. The van der Waals surface area contributed by atoms with Crippen LogP contribution >= 0.6 is 0 Å². The second-order valence-electron chi connectivity index (χ2n) is 3.38. The van der Waals surface area contributed by atoms with Crippen LogP contribution in [0, 0.1) is 6.92 Å². The summed E-state index contributed by atoms with van der Waals surface area (Å²) < 4.78 is 4.94. The van der Waals surface area contributed by atoms with Crippen LogP contribution in [0.2, 0.25) is 0 Å². The highest BCUT2D eigenvalue weighted by Crippen LogP contribution is 2.22. The van der Waals surface area contributed by atoms with Gasteiger partial charge in [0.15, 0.2) is 0 Å². The van der Waals surface area contributed by atoms with Crippen molar-refractivity contribution in [2.45, 2.75) is 27.2 Å². The van der Waals surface area contributed by atoms with Crippen molar-refractivity contribution in [2.75, 3.05) is 12.3 Å². The van der Waals surface area contributed by atoms with Crippen LogP contribution in [-0.2, 0) is 11.2 Å². The van der Waals surface area contributed by atoms with E-state index in [2.05, 4.69) is 0 Å². The number of anilines is 1. The SMILES string of the molecule is CCOC(=O)c1ccc(CC)c(N)c1C. The zero-order valence-electron chi connectivity index (χ0n) is 9.46. The van der Waals surface area contributed by atoms with Crippen molar-refractivity contribution in [1.29, 1.82) is 0 Å². The van der Waals surface area contributed by atoms with E-state index in [0.29, 0.717) is 17.9 Å². The molecule has 15 heavy (non-hydrogen) atoms. The van der Waals surface area contributed by atoms with E-state index in [1.165, 1.54) is 0 Å². The zero-order chi connectivity index (χ0) is 11.4. The Morgan fingerprint density at radius 2 is 2.07 bits per heavy atom. The molecule has 82 valence electrons. The summed E-state index contributed by atoms with van der Waals surface area (Å²) in [4.78, 5) is 11.5. The van der Waals surface area contributed by atoms with Gasteiger partial charge >= 0.3 is 5.97 Å². The van der Waals surface area contributed by atoms with Gasteiger partial charge in [-0.25, -0.2) is 4.79 Å². The van der Waals surface area contributed by atoms with E-state index in [0.717, 1.165) is 17.5 Å². The molecule has 0 saturated carbocycles. The summed E-state index contributed by atoms with van der Waals surface area (Å²) in [6.45, 7) is 6.06. The highest BCUT2D eigenvalue weighted by atomic mass is 16.5. The van der Waals surface area contributed by atoms with E-state index in [-0.39, 0.29) is 5.97 Å². The molecule has 2 N–H and O–H groups in total. The molecular formula is C12H17NO2. The minimum Gasteiger partial charge on any atom is -0.462 e. The Hall–Kier alpha value is -1.51.